The molecule has 1 aliphatic heterocycles. The van der Waals surface area contributed by atoms with Crippen molar-refractivity contribution in [1.82, 2.24) is 4.90 Å². The third kappa shape index (κ3) is 3.13. The summed E-state index contributed by atoms with van der Waals surface area (Å²) >= 11 is 0. The largest absolute Gasteiger partial charge is 0.469 e. The van der Waals surface area contributed by atoms with Crippen LogP contribution >= 0.6 is 0 Å². The van der Waals surface area contributed by atoms with E-state index in [4.69, 9.17) is 9.15 Å². The molecule has 1 aliphatic rings. The van der Waals surface area contributed by atoms with E-state index in [-0.39, 0.29) is 5.91 Å². The second-order valence-corrected chi connectivity index (χ2v) is 5.72. The van der Waals surface area contributed by atoms with Gasteiger partial charge in [0.05, 0.1) is 6.26 Å². The number of fused-ring (bicyclic) bond motifs is 1. The van der Waals surface area contributed by atoms with E-state index in [1.807, 2.05) is 18.2 Å². The fourth-order valence-corrected chi connectivity index (χ4v) is 2.81. The minimum Gasteiger partial charge on any atom is -0.469 e. The van der Waals surface area contributed by atoms with Crippen molar-refractivity contribution in [1.29, 1.82) is 0 Å². The Bertz CT molecular complexity index is 734. The number of carbonyl (C=O) groups is 2. The van der Waals surface area contributed by atoms with E-state index in [2.05, 4.69) is 6.07 Å². The summed E-state index contributed by atoms with van der Waals surface area (Å²) in [6.45, 7) is 4.49. The Balaban J connectivity index is 1.64. The van der Waals surface area contributed by atoms with Crippen molar-refractivity contribution in [2.75, 3.05) is 6.54 Å². The Kier molecular flexibility index (Phi) is 4.19. The Hall–Kier alpha value is -2.56. The smallest absolute Gasteiger partial charge is 0.342 e. The van der Waals surface area contributed by atoms with E-state index in [1.165, 1.54) is 11.8 Å². The van der Waals surface area contributed by atoms with Gasteiger partial charge in [-0.3, -0.25) is 4.79 Å². The van der Waals surface area contributed by atoms with Gasteiger partial charge >= 0.3 is 5.97 Å². The van der Waals surface area contributed by atoms with E-state index in [0.717, 1.165) is 12.0 Å². The molecular formula is C18H19NO4. The molecule has 23 heavy (non-hydrogen) atoms. The fraction of sp³-hybridized carbons (Fsp3) is 0.333. The SMILES string of the molecule is Cc1occc1C(=O)O[C@@H](C)C(=O)N1CCc2ccccc2C1. The summed E-state index contributed by atoms with van der Waals surface area (Å²) < 4.78 is 10.4. The second kappa shape index (κ2) is 6.28. The van der Waals surface area contributed by atoms with Crippen molar-refractivity contribution in [3.63, 3.8) is 0 Å². The number of ether oxygens (including phenoxy) is 1. The number of hydrogen-bond acceptors (Lipinski definition) is 4. The predicted molar refractivity (Wildman–Crippen MR) is 83.9 cm³/mol. The summed E-state index contributed by atoms with van der Waals surface area (Å²) in [5.41, 5.74) is 2.78. The summed E-state index contributed by atoms with van der Waals surface area (Å²) in [6.07, 6.45) is 1.44. The van der Waals surface area contributed by atoms with Crippen molar-refractivity contribution in [3.05, 3.63) is 59.0 Å². The molecule has 0 saturated carbocycles. The van der Waals surface area contributed by atoms with Crippen molar-refractivity contribution in [3.8, 4) is 0 Å². The van der Waals surface area contributed by atoms with E-state index >= 15 is 0 Å². The predicted octanol–water partition coefficient (Wildman–Crippen LogP) is 2.72. The molecule has 120 valence electrons. The third-order valence-electron chi connectivity index (χ3n) is 4.15. The van der Waals surface area contributed by atoms with E-state index in [0.29, 0.717) is 24.4 Å². The zero-order valence-corrected chi connectivity index (χ0v) is 13.2. The molecule has 1 aromatic carbocycles. The average Bonchev–Trinajstić information content (AvgIpc) is 2.99. The van der Waals surface area contributed by atoms with Crippen LogP contribution in [0.1, 0.15) is 34.2 Å². The highest BCUT2D eigenvalue weighted by Crippen LogP contribution is 2.20. The number of hydrogen-bond donors (Lipinski definition) is 0. The molecule has 0 N–H and O–H groups in total. The van der Waals surface area contributed by atoms with E-state index in [9.17, 15) is 9.59 Å². The van der Waals surface area contributed by atoms with Crippen molar-refractivity contribution < 1.29 is 18.7 Å². The number of furan rings is 1. The molecule has 0 radical (unpaired) electrons. The van der Waals surface area contributed by atoms with Gasteiger partial charge in [-0.15, -0.1) is 0 Å². The summed E-state index contributed by atoms with van der Waals surface area (Å²) in [5.74, 6) is -0.218. The van der Waals surface area contributed by atoms with Crippen LogP contribution in [0.4, 0.5) is 0 Å². The third-order valence-corrected chi connectivity index (χ3v) is 4.15. The lowest BCUT2D eigenvalue weighted by atomic mass is 9.99. The number of amides is 1. The number of aryl methyl sites for hydroxylation is 1. The highest BCUT2D eigenvalue weighted by molar-refractivity contribution is 5.93. The molecule has 1 amide bonds. The molecular weight excluding hydrogens is 294 g/mol. The van der Waals surface area contributed by atoms with Crippen LogP contribution < -0.4 is 0 Å². The molecule has 0 saturated heterocycles. The first-order chi connectivity index (χ1) is 11.1. The van der Waals surface area contributed by atoms with Gasteiger partial charge in [0.25, 0.3) is 5.91 Å². The molecule has 3 rings (SSSR count). The van der Waals surface area contributed by atoms with Crippen LogP contribution in [0.5, 0.6) is 0 Å². The maximum Gasteiger partial charge on any atom is 0.342 e. The topological polar surface area (TPSA) is 59.8 Å². The van der Waals surface area contributed by atoms with Crippen LogP contribution in [0.3, 0.4) is 0 Å². The molecule has 5 nitrogen and oxygen atoms in total. The van der Waals surface area contributed by atoms with Gasteiger partial charge in [0.2, 0.25) is 0 Å². The number of rotatable bonds is 3. The Morgan fingerprint density at radius 2 is 1.96 bits per heavy atom. The number of nitrogens with zero attached hydrogens (tertiary/aromatic N) is 1. The van der Waals surface area contributed by atoms with Gasteiger partial charge in [-0.1, -0.05) is 24.3 Å². The normalized spacial score (nSPS) is 15.0. The Labute approximate surface area is 134 Å². The molecule has 0 aliphatic carbocycles. The first kappa shape index (κ1) is 15.3. The van der Waals surface area contributed by atoms with Gasteiger partial charge < -0.3 is 14.1 Å². The zero-order valence-electron chi connectivity index (χ0n) is 13.2. The average molecular weight is 313 g/mol. The molecule has 1 aromatic heterocycles. The first-order valence-electron chi connectivity index (χ1n) is 7.67. The second-order valence-electron chi connectivity index (χ2n) is 5.72. The van der Waals surface area contributed by atoms with Gasteiger partial charge in [0.1, 0.15) is 11.3 Å². The minimum absolute atomic E-state index is 0.172. The van der Waals surface area contributed by atoms with Crippen LogP contribution in [-0.2, 0) is 22.5 Å². The number of carbonyl (C=O) groups excluding carboxylic acids is 2. The van der Waals surface area contributed by atoms with Gasteiger partial charge in [0, 0.05) is 13.1 Å². The lowest BCUT2D eigenvalue weighted by Crippen LogP contribution is -2.42. The highest BCUT2D eigenvalue weighted by atomic mass is 16.5. The fourth-order valence-electron chi connectivity index (χ4n) is 2.81. The number of benzene rings is 1. The maximum absolute atomic E-state index is 12.5. The first-order valence-corrected chi connectivity index (χ1v) is 7.67. The van der Waals surface area contributed by atoms with Crippen molar-refractivity contribution in [2.45, 2.75) is 32.9 Å². The summed E-state index contributed by atoms with van der Waals surface area (Å²) in [4.78, 5) is 26.3. The Morgan fingerprint density at radius 3 is 2.65 bits per heavy atom. The van der Waals surface area contributed by atoms with Crippen molar-refractivity contribution >= 4 is 11.9 Å². The van der Waals surface area contributed by atoms with Crippen LogP contribution in [0.2, 0.25) is 0 Å². The van der Waals surface area contributed by atoms with E-state index < -0.39 is 12.1 Å². The van der Waals surface area contributed by atoms with Crippen LogP contribution in [-0.4, -0.2) is 29.4 Å². The quantitative estimate of drug-likeness (QED) is 0.818. The van der Waals surface area contributed by atoms with Crippen LogP contribution in [0.15, 0.2) is 41.0 Å². The highest BCUT2D eigenvalue weighted by Gasteiger charge is 2.27. The molecule has 0 fully saturated rings. The van der Waals surface area contributed by atoms with E-state index in [1.54, 1.807) is 24.8 Å². The minimum atomic E-state index is -0.818. The molecule has 0 spiro atoms. The standard InChI is InChI=1S/C18H19NO4/c1-12-16(8-10-22-12)18(21)23-13(2)17(20)19-9-7-14-5-3-4-6-15(14)11-19/h3-6,8,10,13H,7,9,11H2,1-2H3/t13-/m0/s1. The zero-order chi connectivity index (χ0) is 16.4. The van der Waals surface area contributed by atoms with Crippen LogP contribution in [0.25, 0.3) is 0 Å². The van der Waals surface area contributed by atoms with Gasteiger partial charge in [0.15, 0.2) is 6.10 Å². The van der Waals surface area contributed by atoms with Gasteiger partial charge in [-0.05, 0) is 37.5 Å². The van der Waals surface area contributed by atoms with Gasteiger partial charge in [-0.2, -0.15) is 0 Å². The van der Waals surface area contributed by atoms with Gasteiger partial charge in [-0.25, -0.2) is 4.79 Å². The summed E-state index contributed by atoms with van der Waals surface area (Å²) in [7, 11) is 0. The summed E-state index contributed by atoms with van der Waals surface area (Å²) in [6, 6.07) is 9.64. The molecule has 2 aromatic rings. The molecule has 5 heteroatoms. The summed E-state index contributed by atoms with van der Waals surface area (Å²) in [5, 5.41) is 0. The molecule has 1 atom stereocenters. The molecule has 0 bridgehead atoms. The lowest BCUT2D eigenvalue weighted by molar-refractivity contribution is -0.140. The molecule has 2 heterocycles. The lowest BCUT2D eigenvalue weighted by Gasteiger charge is -2.30. The van der Waals surface area contributed by atoms with Crippen molar-refractivity contribution in [2.24, 2.45) is 0 Å². The number of esters is 1. The monoisotopic (exact) mass is 313 g/mol. The maximum atomic E-state index is 12.5. The molecule has 0 unspecified atom stereocenters. The van der Waals surface area contributed by atoms with Crippen LogP contribution in [0, 0.1) is 6.92 Å². The Morgan fingerprint density at radius 1 is 1.22 bits per heavy atom.